The SMILES string of the molecule is CCC(C)c1nc2c(ccc3c4ccc(-c5ccc6c(c5)c5cncnc5c5nc(C(C)C)[nH]c65)cc4sc32)[nH]1. The van der Waals surface area contributed by atoms with Crippen LogP contribution in [0.3, 0.4) is 0 Å². The van der Waals surface area contributed by atoms with E-state index in [-0.39, 0.29) is 0 Å². The molecule has 4 aromatic carbocycles. The van der Waals surface area contributed by atoms with Crippen molar-refractivity contribution >= 4 is 75.3 Å². The minimum atomic E-state index is 0.302. The van der Waals surface area contributed by atoms with E-state index in [0.29, 0.717) is 11.8 Å². The van der Waals surface area contributed by atoms with E-state index in [0.717, 1.165) is 61.8 Å². The van der Waals surface area contributed by atoms with Crippen molar-refractivity contribution in [3.8, 4) is 11.1 Å². The fourth-order valence-electron chi connectivity index (χ4n) is 5.84. The molecule has 0 spiro atoms. The molecule has 196 valence electrons. The van der Waals surface area contributed by atoms with Crippen LogP contribution in [-0.2, 0) is 0 Å². The van der Waals surface area contributed by atoms with Crippen molar-refractivity contribution in [2.75, 3.05) is 0 Å². The molecule has 0 fully saturated rings. The summed E-state index contributed by atoms with van der Waals surface area (Å²) in [5.41, 5.74) is 7.39. The monoisotopic (exact) mass is 540 g/mol. The number of fused-ring (bicyclic) bond motifs is 11. The van der Waals surface area contributed by atoms with Crippen LogP contribution >= 0.6 is 11.3 Å². The van der Waals surface area contributed by atoms with Crippen molar-refractivity contribution in [2.24, 2.45) is 0 Å². The van der Waals surface area contributed by atoms with Gasteiger partial charge in [-0.15, -0.1) is 11.3 Å². The number of thiophene rings is 1. The quantitative estimate of drug-likeness (QED) is 0.218. The lowest BCUT2D eigenvalue weighted by Gasteiger charge is -2.08. The van der Waals surface area contributed by atoms with Crippen molar-refractivity contribution in [1.82, 2.24) is 29.9 Å². The van der Waals surface area contributed by atoms with Crippen LogP contribution in [0, 0.1) is 0 Å². The average Bonchev–Trinajstić information content (AvgIpc) is 3.71. The highest BCUT2D eigenvalue weighted by atomic mass is 32.1. The lowest BCUT2D eigenvalue weighted by Crippen LogP contribution is -1.92. The molecule has 0 bridgehead atoms. The molecule has 7 heteroatoms. The van der Waals surface area contributed by atoms with Crippen LogP contribution in [-0.4, -0.2) is 29.9 Å². The van der Waals surface area contributed by atoms with E-state index in [1.165, 1.54) is 31.3 Å². The van der Waals surface area contributed by atoms with Gasteiger partial charge in [-0.05, 0) is 41.1 Å². The molecule has 6 nitrogen and oxygen atoms in total. The molecule has 4 heterocycles. The highest BCUT2D eigenvalue weighted by molar-refractivity contribution is 7.26. The van der Waals surface area contributed by atoms with Gasteiger partial charge in [0, 0.05) is 44.3 Å². The summed E-state index contributed by atoms with van der Waals surface area (Å²) in [7, 11) is 0. The van der Waals surface area contributed by atoms with E-state index < -0.39 is 0 Å². The number of nitrogens with zero attached hydrogens (tertiary/aromatic N) is 4. The van der Waals surface area contributed by atoms with Crippen LogP contribution in [0.2, 0.25) is 0 Å². The minimum absolute atomic E-state index is 0.302. The molecule has 0 amide bonds. The first-order chi connectivity index (χ1) is 19.5. The molecule has 8 rings (SSSR count). The van der Waals surface area contributed by atoms with Gasteiger partial charge in [0.05, 0.1) is 15.7 Å². The minimum Gasteiger partial charge on any atom is -0.342 e. The van der Waals surface area contributed by atoms with Gasteiger partial charge >= 0.3 is 0 Å². The van der Waals surface area contributed by atoms with E-state index in [2.05, 4.69) is 96.2 Å². The fourth-order valence-corrected chi connectivity index (χ4v) is 7.08. The van der Waals surface area contributed by atoms with Crippen molar-refractivity contribution in [3.63, 3.8) is 0 Å². The maximum atomic E-state index is 5.02. The van der Waals surface area contributed by atoms with Gasteiger partial charge in [0.1, 0.15) is 34.5 Å². The molecular formula is C33H28N6S. The number of imidazole rings is 2. The maximum absolute atomic E-state index is 5.02. The van der Waals surface area contributed by atoms with Crippen LogP contribution in [0.4, 0.5) is 0 Å². The number of aromatic amines is 2. The molecule has 0 saturated carbocycles. The molecule has 0 aliphatic heterocycles. The van der Waals surface area contributed by atoms with Gasteiger partial charge in [0.2, 0.25) is 0 Å². The van der Waals surface area contributed by atoms with Gasteiger partial charge in [-0.2, -0.15) is 0 Å². The molecule has 8 aromatic rings. The zero-order chi connectivity index (χ0) is 27.1. The largest absolute Gasteiger partial charge is 0.342 e. The Hall–Kier alpha value is -4.36. The van der Waals surface area contributed by atoms with Crippen molar-refractivity contribution in [1.29, 1.82) is 0 Å². The van der Waals surface area contributed by atoms with Crippen LogP contribution in [0.5, 0.6) is 0 Å². The summed E-state index contributed by atoms with van der Waals surface area (Å²) in [5, 5.41) is 5.84. The number of H-pyrrole nitrogens is 2. The van der Waals surface area contributed by atoms with Crippen LogP contribution in [0.25, 0.3) is 75.0 Å². The molecule has 0 aliphatic carbocycles. The lowest BCUT2D eigenvalue weighted by molar-refractivity contribution is 0.692. The summed E-state index contributed by atoms with van der Waals surface area (Å²) in [6.07, 6.45) is 4.59. The normalized spacial score (nSPS) is 13.2. The molecule has 4 aromatic heterocycles. The first-order valence-corrected chi connectivity index (χ1v) is 14.7. The van der Waals surface area contributed by atoms with Crippen molar-refractivity contribution in [3.05, 3.63) is 72.7 Å². The maximum Gasteiger partial charge on any atom is 0.116 e. The Morgan fingerprint density at radius 3 is 2.35 bits per heavy atom. The summed E-state index contributed by atoms with van der Waals surface area (Å²) in [4.78, 5) is 26.1. The predicted octanol–water partition coefficient (Wildman–Crippen LogP) is 9.21. The molecule has 0 radical (unpaired) electrons. The number of hydrogen-bond donors (Lipinski definition) is 2. The molecule has 40 heavy (non-hydrogen) atoms. The van der Waals surface area contributed by atoms with E-state index >= 15 is 0 Å². The first kappa shape index (κ1) is 23.5. The second-order valence-electron chi connectivity index (χ2n) is 11.1. The molecule has 1 atom stereocenters. The molecule has 1 unspecified atom stereocenters. The third kappa shape index (κ3) is 3.34. The third-order valence-electron chi connectivity index (χ3n) is 8.31. The summed E-state index contributed by atoms with van der Waals surface area (Å²) < 4.78 is 2.52. The van der Waals surface area contributed by atoms with Gasteiger partial charge in [-0.1, -0.05) is 58.0 Å². The summed E-state index contributed by atoms with van der Waals surface area (Å²) in [6.45, 7) is 8.74. The zero-order valence-electron chi connectivity index (χ0n) is 22.8. The van der Waals surface area contributed by atoms with Crippen molar-refractivity contribution < 1.29 is 0 Å². The first-order valence-electron chi connectivity index (χ1n) is 13.9. The molecule has 0 aliphatic rings. The van der Waals surface area contributed by atoms with Crippen molar-refractivity contribution in [2.45, 2.75) is 46.0 Å². The molecular weight excluding hydrogens is 512 g/mol. The Balaban J connectivity index is 1.32. The van der Waals surface area contributed by atoms with Gasteiger partial charge in [0.15, 0.2) is 0 Å². The highest BCUT2D eigenvalue weighted by Gasteiger charge is 2.18. The Morgan fingerprint density at radius 2 is 1.52 bits per heavy atom. The van der Waals surface area contributed by atoms with E-state index in [4.69, 9.17) is 9.97 Å². The van der Waals surface area contributed by atoms with Crippen LogP contribution < -0.4 is 0 Å². The third-order valence-corrected chi connectivity index (χ3v) is 9.48. The predicted molar refractivity (Wildman–Crippen MR) is 167 cm³/mol. The summed E-state index contributed by atoms with van der Waals surface area (Å²) in [6, 6.07) is 17.9. The topological polar surface area (TPSA) is 83.1 Å². The number of aromatic nitrogens is 6. The fraction of sp³-hybridized carbons (Fsp3) is 0.212. The van der Waals surface area contributed by atoms with E-state index in [9.17, 15) is 0 Å². The lowest BCUT2D eigenvalue weighted by atomic mass is 9.97. The Kier molecular flexibility index (Phi) is 5.04. The van der Waals surface area contributed by atoms with Crippen LogP contribution in [0.1, 0.15) is 57.6 Å². The molecule has 2 N–H and O–H groups in total. The number of benzene rings is 4. The van der Waals surface area contributed by atoms with Gasteiger partial charge in [-0.25, -0.2) is 19.9 Å². The second-order valence-corrected chi connectivity index (χ2v) is 12.2. The van der Waals surface area contributed by atoms with Gasteiger partial charge in [-0.3, -0.25) is 0 Å². The highest BCUT2D eigenvalue weighted by Crippen LogP contribution is 2.41. The van der Waals surface area contributed by atoms with E-state index in [1.54, 1.807) is 6.33 Å². The van der Waals surface area contributed by atoms with Gasteiger partial charge < -0.3 is 9.97 Å². The van der Waals surface area contributed by atoms with E-state index in [1.807, 2.05) is 17.5 Å². The summed E-state index contributed by atoms with van der Waals surface area (Å²) >= 11 is 1.83. The van der Waals surface area contributed by atoms with Crippen LogP contribution in [0.15, 0.2) is 61.1 Å². The molecule has 0 saturated heterocycles. The number of hydrogen-bond acceptors (Lipinski definition) is 5. The summed E-state index contributed by atoms with van der Waals surface area (Å²) in [5.74, 6) is 2.76. The van der Waals surface area contributed by atoms with Gasteiger partial charge in [0.25, 0.3) is 0 Å². The Bertz CT molecular complexity index is 2270. The average molecular weight is 541 g/mol. The number of nitrogens with one attached hydrogen (secondary N) is 2. The second kappa shape index (κ2) is 8.57. The number of rotatable bonds is 4. The Morgan fingerprint density at radius 1 is 0.750 bits per heavy atom. The zero-order valence-corrected chi connectivity index (χ0v) is 23.6. The smallest absolute Gasteiger partial charge is 0.116 e. The standard InChI is InChI=1S/C33H28N6S/c1-5-17(4)33-36-25-11-10-22-20-8-6-19(13-26(20)40-31(22)29(25)38-33)18-7-9-21-23(12-18)24-14-34-15-35-27(24)30-28(21)37-32(39-30)16(2)3/h6-17H,5H2,1-4H3,(H,36,38)(H,37,39). The Labute approximate surface area is 234 Å².